The van der Waals surface area contributed by atoms with Crippen LogP contribution in [-0.2, 0) is 10.0 Å². The smallest absolute Gasteiger partial charge is 0.246 e. The zero-order chi connectivity index (χ0) is 21.3. The molecule has 0 radical (unpaired) electrons. The Labute approximate surface area is 184 Å². The fourth-order valence-electron chi connectivity index (χ4n) is 3.00. The summed E-state index contributed by atoms with van der Waals surface area (Å²) in [4.78, 5) is 0.143. The second-order valence-corrected chi connectivity index (χ2v) is 9.61. The Balaban J connectivity index is 2.35. The van der Waals surface area contributed by atoms with Crippen molar-refractivity contribution in [3.8, 4) is 11.5 Å². The SMILES string of the molecule is CCCCCN(CCCCC)S(=O)(=O)c1ccccc1Oc1cccc(Cl)c1Cl. The summed E-state index contributed by atoms with van der Waals surface area (Å²) in [5.74, 6) is 0.568. The number of ether oxygens (including phenoxy) is 1. The first-order valence-electron chi connectivity index (χ1n) is 10.1. The molecule has 0 aliphatic rings. The Bertz CT molecular complexity index is 877. The molecule has 29 heavy (non-hydrogen) atoms. The summed E-state index contributed by atoms with van der Waals surface area (Å²) in [7, 11) is -3.70. The van der Waals surface area contributed by atoms with Crippen LogP contribution in [0.1, 0.15) is 52.4 Å². The zero-order valence-electron chi connectivity index (χ0n) is 17.0. The lowest BCUT2D eigenvalue weighted by atomic mass is 10.2. The van der Waals surface area contributed by atoms with E-state index in [1.165, 1.54) is 0 Å². The molecule has 7 heteroatoms. The van der Waals surface area contributed by atoms with Gasteiger partial charge in [0, 0.05) is 13.1 Å². The largest absolute Gasteiger partial charge is 0.454 e. The number of unbranched alkanes of at least 4 members (excludes halogenated alkanes) is 4. The van der Waals surface area contributed by atoms with E-state index in [0.29, 0.717) is 23.9 Å². The minimum absolute atomic E-state index is 0.143. The van der Waals surface area contributed by atoms with Gasteiger partial charge in [-0.25, -0.2) is 8.42 Å². The number of sulfonamides is 1. The Kier molecular flexibility index (Phi) is 9.76. The molecule has 0 aromatic heterocycles. The van der Waals surface area contributed by atoms with Crippen molar-refractivity contribution in [2.75, 3.05) is 13.1 Å². The van der Waals surface area contributed by atoms with Crippen molar-refractivity contribution in [3.05, 3.63) is 52.5 Å². The van der Waals surface area contributed by atoms with Gasteiger partial charge in [0.25, 0.3) is 0 Å². The van der Waals surface area contributed by atoms with Gasteiger partial charge < -0.3 is 4.74 Å². The Morgan fingerprint density at radius 2 is 1.41 bits per heavy atom. The maximum absolute atomic E-state index is 13.5. The molecule has 2 aromatic rings. The number of benzene rings is 2. The molecule has 0 aliphatic carbocycles. The summed E-state index contributed by atoms with van der Waals surface area (Å²) >= 11 is 12.3. The highest BCUT2D eigenvalue weighted by molar-refractivity contribution is 7.89. The highest BCUT2D eigenvalue weighted by Gasteiger charge is 2.27. The van der Waals surface area contributed by atoms with Gasteiger partial charge in [0.15, 0.2) is 0 Å². The summed E-state index contributed by atoms with van der Waals surface area (Å²) in [6, 6.07) is 11.7. The molecular formula is C22H29Cl2NO3S. The first-order valence-corrected chi connectivity index (χ1v) is 12.3. The van der Waals surface area contributed by atoms with Crippen LogP contribution in [0.5, 0.6) is 11.5 Å². The molecule has 0 saturated carbocycles. The quantitative estimate of drug-likeness (QED) is 0.317. The van der Waals surface area contributed by atoms with Crippen LogP contribution in [0, 0.1) is 0 Å². The van der Waals surface area contributed by atoms with E-state index in [2.05, 4.69) is 13.8 Å². The number of hydrogen-bond donors (Lipinski definition) is 0. The van der Waals surface area contributed by atoms with E-state index in [-0.39, 0.29) is 15.7 Å². The Hall–Kier alpha value is -1.27. The lowest BCUT2D eigenvalue weighted by molar-refractivity contribution is 0.385. The van der Waals surface area contributed by atoms with Crippen LogP contribution in [0.25, 0.3) is 0 Å². The third kappa shape index (κ3) is 6.61. The average molecular weight is 458 g/mol. The summed E-state index contributed by atoms with van der Waals surface area (Å²) in [5, 5.41) is 0.606. The van der Waals surface area contributed by atoms with E-state index >= 15 is 0 Å². The highest BCUT2D eigenvalue weighted by Crippen LogP contribution is 2.37. The van der Waals surface area contributed by atoms with Crippen LogP contribution < -0.4 is 4.74 Å². The first-order chi connectivity index (χ1) is 13.9. The second kappa shape index (κ2) is 11.8. The zero-order valence-corrected chi connectivity index (χ0v) is 19.4. The molecule has 0 amide bonds. The number of hydrogen-bond acceptors (Lipinski definition) is 3. The normalized spacial score (nSPS) is 11.8. The molecule has 0 atom stereocenters. The number of rotatable bonds is 12. The van der Waals surface area contributed by atoms with Gasteiger partial charge in [0.1, 0.15) is 21.4 Å². The molecule has 0 heterocycles. The Morgan fingerprint density at radius 3 is 2.03 bits per heavy atom. The molecule has 2 aromatic carbocycles. The van der Waals surface area contributed by atoms with Crippen LogP contribution in [0.3, 0.4) is 0 Å². The third-order valence-electron chi connectivity index (χ3n) is 4.63. The molecule has 0 unspecified atom stereocenters. The van der Waals surface area contributed by atoms with Gasteiger partial charge in [-0.05, 0) is 37.1 Å². The van der Waals surface area contributed by atoms with Gasteiger partial charge >= 0.3 is 0 Å². The predicted octanol–water partition coefficient (Wildman–Crippen LogP) is 7.16. The standard InChI is InChI=1S/C22H29Cl2NO3S/c1-3-5-9-16-25(17-10-6-4-2)29(26,27)21-15-8-7-13-19(21)28-20-14-11-12-18(23)22(20)24/h7-8,11-15H,3-6,9-10,16-17H2,1-2H3. The van der Waals surface area contributed by atoms with Crippen molar-refractivity contribution in [2.24, 2.45) is 0 Å². The number of nitrogens with zero attached hydrogens (tertiary/aromatic N) is 1. The molecular weight excluding hydrogens is 429 g/mol. The van der Waals surface area contributed by atoms with E-state index in [1.54, 1.807) is 46.8 Å². The van der Waals surface area contributed by atoms with Gasteiger partial charge in [0.05, 0.1) is 5.02 Å². The van der Waals surface area contributed by atoms with Crippen molar-refractivity contribution < 1.29 is 13.2 Å². The highest BCUT2D eigenvalue weighted by atomic mass is 35.5. The molecule has 0 N–H and O–H groups in total. The van der Waals surface area contributed by atoms with Crippen molar-refractivity contribution in [1.82, 2.24) is 4.31 Å². The van der Waals surface area contributed by atoms with Crippen LogP contribution in [0.2, 0.25) is 10.0 Å². The molecule has 0 bridgehead atoms. The molecule has 0 spiro atoms. The maximum Gasteiger partial charge on any atom is 0.246 e. The van der Waals surface area contributed by atoms with Crippen LogP contribution in [0.4, 0.5) is 0 Å². The fraction of sp³-hybridized carbons (Fsp3) is 0.455. The van der Waals surface area contributed by atoms with Gasteiger partial charge in [0.2, 0.25) is 10.0 Å². The summed E-state index contributed by atoms with van der Waals surface area (Å²) in [5.41, 5.74) is 0. The van der Waals surface area contributed by atoms with Crippen LogP contribution >= 0.6 is 23.2 Å². The van der Waals surface area contributed by atoms with Crippen LogP contribution in [0.15, 0.2) is 47.4 Å². The number of halogens is 2. The van der Waals surface area contributed by atoms with E-state index in [1.807, 2.05) is 0 Å². The summed E-state index contributed by atoms with van der Waals surface area (Å²) in [6.07, 6.45) is 5.74. The third-order valence-corrected chi connectivity index (χ3v) is 7.36. The summed E-state index contributed by atoms with van der Waals surface area (Å²) < 4.78 is 34.4. The molecule has 2 rings (SSSR count). The molecule has 0 saturated heterocycles. The monoisotopic (exact) mass is 457 g/mol. The van der Waals surface area contributed by atoms with E-state index in [0.717, 1.165) is 38.5 Å². The predicted molar refractivity (Wildman–Crippen MR) is 121 cm³/mol. The van der Waals surface area contributed by atoms with E-state index in [4.69, 9.17) is 27.9 Å². The van der Waals surface area contributed by atoms with Crippen molar-refractivity contribution >= 4 is 33.2 Å². The second-order valence-electron chi connectivity index (χ2n) is 6.92. The molecule has 0 fully saturated rings. The minimum Gasteiger partial charge on any atom is -0.454 e. The van der Waals surface area contributed by atoms with Crippen molar-refractivity contribution in [3.63, 3.8) is 0 Å². The van der Waals surface area contributed by atoms with Gasteiger partial charge in [-0.15, -0.1) is 0 Å². The Morgan fingerprint density at radius 1 is 0.828 bits per heavy atom. The maximum atomic E-state index is 13.5. The van der Waals surface area contributed by atoms with Crippen LogP contribution in [-0.4, -0.2) is 25.8 Å². The average Bonchev–Trinajstić information content (AvgIpc) is 2.71. The van der Waals surface area contributed by atoms with Crippen molar-refractivity contribution in [1.29, 1.82) is 0 Å². The van der Waals surface area contributed by atoms with Gasteiger partial charge in [-0.2, -0.15) is 4.31 Å². The van der Waals surface area contributed by atoms with E-state index in [9.17, 15) is 8.42 Å². The van der Waals surface area contributed by atoms with Crippen molar-refractivity contribution in [2.45, 2.75) is 57.3 Å². The lowest BCUT2D eigenvalue weighted by Crippen LogP contribution is -2.33. The van der Waals surface area contributed by atoms with E-state index < -0.39 is 10.0 Å². The molecule has 4 nitrogen and oxygen atoms in total. The number of para-hydroxylation sites is 1. The summed E-state index contributed by atoms with van der Waals surface area (Å²) in [6.45, 7) is 5.22. The topological polar surface area (TPSA) is 46.6 Å². The lowest BCUT2D eigenvalue weighted by Gasteiger charge is -2.23. The molecule has 0 aliphatic heterocycles. The molecule has 160 valence electrons. The first kappa shape index (κ1) is 24.0. The minimum atomic E-state index is -3.70. The van der Waals surface area contributed by atoms with Gasteiger partial charge in [-0.1, -0.05) is 80.9 Å². The fourth-order valence-corrected chi connectivity index (χ4v) is 4.96. The van der Waals surface area contributed by atoms with Gasteiger partial charge in [-0.3, -0.25) is 0 Å².